The number of carbonyl (C=O) groups excluding carboxylic acids is 1. The molecule has 0 bridgehead atoms. The second kappa shape index (κ2) is 9.38. The van der Waals surface area contributed by atoms with Crippen LogP contribution in [0.2, 0.25) is 0 Å². The van der Waals surface area contributed by atoms with Gasteiger partial charge in [-0.3, -0.25) is 9.59 Å². The molecule has 0 aliphatic carbocycles. The topological polar surface area (TPSA) is 106 Å². The van der Waals surface area contributed by atoms with Gasteiger partial charge < -0.3 is 19.2 Å². The molecule has 1 amide bonds. The molecular weight excluding hydrogens is 348 g/mol. The molecule has 27 heavy (non-hydrogen) atoms. The minimum atomic E-state index is -0.517. The number of pyridine rings is 2. The lowest BCUT2D eigenvalue weighted by Gasteiger charge is -2.19. The normalized spacial score (nSPS) is 10.2. The number of rotatable bonds is 2. The number of alkyl carbamates (subject to hydrolysis) is 1. The Kier molecular flexibility index (Phi) is 7.54. The first kappa shape index (κ1) is 21.7. The fourth-order valence-corrected chi connectivity index (χ4v) is 1.81. The zero-order valence-corrected chi connectivity index (χ0v) is 16.1. The van der Waals surface area contributed by atoms with Gasteiger partial charge in [0.05, 0.1) is 11.6 Å². The number of hydrogen-bond donors (Lipinski definition) is 1. The van der Waals surface area contributed by atoms with Crippen LogP contribution >= 0.6 is 0 Å². The fourth-order valence-electron chi connectivity index (χ4n) is 1.81. The summed E-state index contributed by atoms with van der Waals surface area (Å²) < 4.78 is 7.97. The van der Waals surface area contributed by atoms with E-state index in [2.05, 4.69) is 5.32 Å². The van der Waals surface area contributed by atoms with Crippen molar-refractivity contribution in [1.82, 2.24) is 14.5 Å². The minimum absolute atomic E-state index is 0.103. The third-order valence-corrected chi connectivity index (χ3v) is 3.24. The van der Waals surface area contributed by atoms with Gasteiger partial charge in [-0.2, -0.15) is 5.26 Å². The van der Waals surface area contributed by atoms with Crippen LogP contribution in [0.15, 0.2) is 46.2 Å². The van der Waals surface area contributed by atoms with Crippen LogP contribution in [0, 0.1) is 11.3 Å². The second-order valence-electron chi connectivity index (χ2n) is 6.82. The lowest BCUT2D eigenvalue weighted by Crippen LogP contribution is -2.32. The van der Waals surface area contributed by atoms with Crippen molar-refractivity contribution in [2.45, 2.75) is 32.9 Å². The molecule has 2 aromatic rings. The summed E-state index contributed by atoms with van der Waals surface area (Å²) in [4.78, 5) is 33.5. The Morgan fingerprint density at radius 2 is 1.67 bits per heavy atom. The standard InChI is InChI=1S/C12H18N2O3.C7H6N2O/c1-12(2,3)17-11(16)13-8-9-5-6-14(4)10(15)7-9;1-9-3-2-6(5-8)4-7(9)10/h5-7H,8H2,1-4H3,(H,13,16);2-4H,1H3. The van der Waals surface area contributed by atoms with Crippen LogP contribution in [-0.2, 0) is 25.4 Å². The van der Waals surface area contributed by atoms with E-state index in [4.69, 9.17) is 10.00 Å². The average molecular weight is 372 g/mol. The van der Waals surface area contributed by atoms with Crippen molar-refractivity contribution < 1.29 is 9.53 Å². The Bertz CT molecular complexity index is 946. The van der Waals surface area contributed by atoms with Crippen molar-refractivity contribution in [2.24, 2.45) is 14.1 Å². The van der Waals surface area contributed by atoms with Gasteiger partial charge in [-0.25, -0.2) is 4.79 Å². The molecule has 0 fully saturated rings. The lowest BCUT2D eigenvalue weighted by molar-refractivity contribution is 0.0523. The molecule has 8 heteroatoms. The van der Waals surface area contributed by atoms with Gasteiger partial charge in [0.2, 0.25) is 0 Å². The van der Waals surface area contributed by atoms with Gasteiger partial charge in [0.1, 0.15) is 5.60 Å². The number of nitrogens with one attached hydrogen (secondary N) is 1. The van der Waals surface area contributed by atoms with Gasteiger partial charge in [0.15, 0.2) is 0 Å². The highest BCUT2D eigenvalue weighted by atomic mass is 16.6. The summed E-state index contributed by atoms with van der Waals surface area (Å²) in [5, 5.41) is 10.9. The molecule has 2 aromatic heterocycles. The Morgan fingerprint density at radius 1 is 1.11 bits per heavy atom. The molecule has 0 saturated carbocycles. The number of nitriles is 1. The Labute approximate surface area is 157 Å². The van der Waals surface area contributed by atoms with Crippen LogP contribution in [0.4, 0.5) is 4.79 Å². The zero-order chi connectivity index (χ0) is 20.6. The molecule has 0 unspecified atom stereocenters. The Balaban J connectivity index is 0.000000309. The van der Waals surface area contributed by atoms with Gasteiger partial charge in [-0.15, -0.1) is 0 Å². The highest BCUT2D eigenvalue weighted by Crippen LogP contribution is 2.06. The molecule has 2 heterocycles. The Morgan fingerprint density at radius 3 is 2.15 bits per heavy atom. The van der Waals surface area contributed by atoms with E-state index in [0.29, 0.717) is 5.56 Å². The minimum Gasteiger partial charge on any atom is -0.444 e. The summed E-state index contributed by atoms with van der Waals surface area (Å²) in [6.45, 7) is 5.67. The highest BCUT2D eigenvalue weighted by molar-refractivity contribution is 5.67. The molecule has 144 valence electrons. The number of amides is 1. The number of hydrogen-bond acceptors (Lipinski definition) is 5. The Hall–Kier alpha value is -3.34. The number of carbonyl (C=O) groups is 1. The smallest absolute Gasteiger partial charge is 0.407 e. The van der Waals surface area contributed by atoms with Crippen LogP contribution in [0.3, 0.4) is 0 Å². The van der Waals surface area contributed by atoms with Crippen LogP contribution in [0.5, 0.6) is 0 Å². The summed E-state index contributed by atoms with van der Waals surface area (Å²) >= 11 is 0. The molecular formula is C19H24N4O4. The first-order valence-electron chi connectivity index (χ1n) is 8.21. The SMILES string of the molecule is Cn1ccc(C#N)cc1=O.Cn1ccc(CNC(=O)OC(C)(C)C)cc1=O. The van der Waals surface area contributed by atoms with E-state index in [1.54, 1.807) is 59.4 Å². The van der Waals surface area contributed by atoms with Crippen molar-refractivity contribution in [3.05, 3.63) is 68.5 Å². The van der Waals surface area contributed by atoms with Gasteiger partial charge in [-0.05, 0) is 38.5 Å². The van der Waals surface area contributed by atoms with E-state index in [1.807, 2.05) is 6.07 Å². The van der Waals surface area contributed by atoms with Crippen molar-refractivity contribution in [1.29, 1.82) is 5.26 Å². The summed E-state index contributed by atoms with van der Waals surface area (Å²) in [6, 6.07) is 8.05. The zero-order valence-electron chi connectivity index (χ0n) is 16.1. The molecule has 0 aliphatic rings. The number of aryl methyl sites for hydroxylation is 2. The van der Waals surface area contributed by atoms with Crippen LogP contribution in [0.25, 0.3) is 0 Å². The maximum atomic E-state index is 11.4. The monoisotopic (exact) mass is 372 g/mol. The van der Waals surface area contributed by atoms with Crippen molar-refractivity contribution >= 4 is 6.09 Å². The second-order valence-corrected chi connectivity index (χ2v) is 6.82. The molecule has 0 atom stereocenters. The van der Waals surface area contributed by atoms with E-state index >= 15 is 0 Å². The van der Waals surface area contributed by atoms with E-state index in [-0.39, 0.29) is 17.7 Å². The van der Waals surface area contributed by atoms with Gasteiger partial charge in [0, 0.05) is 45.2 Å². The van der Waals surface area contributed by atoms with Crippen LogP contribution in [-0.4, -0.2) is 20.8 Å². The lowest BCUT2D eigenvalue weighted by atomic mass is 10.2. The maximum Gasteiger partial charge on any atom is 0.407 e. The van der Waals surface area contributed by atoms with Gasteiger partial charge in [0.25, 0.3) is 11.1 Å². The van der Waals surface area contributed by atoms with E-state index in [9.17, 15) is 14.4 Å². The van der Waals surface area contributed by atoms with Crippen LogP contribution < -0.4 is 16.4 Å². The molecule has 0 aliphatic heterocycles. The number of nitrogens with zero attached hydrogens (tertiary/aromatic N) is 3. The predicted molar refractivity (Wildman–Crippen MR) is 101 cm³/mol. The molecule has 0 spiro atoms. The molecule has 2 rings (SSSR count). The third kappa shape index (κ3) is 8.05. The average Bonchev–Trinajstić information content (AvgIpc) is 2.57. The maximum absolute atomic E-state index is 11.4. The molecule has 1 N–H and O–H groups in total. The quantitative estimate of drug-likeness (QED) is 0.863. The van der Waals surface area contributed by atoms with Crippen LogP contribution in [0.1, 0.15) is 31.9 Å². The van der Waals surface area contributed by atoms with Crippen molar-refractivity contribution in [3.8, 4) is 6.07 Å². The largest absolute Gasteiger partial charge is 0.444 e. The summed E-state index contributed by atoms with van der Waals surface area (Å²) in [5.41, 5.74) is 0.381. The van der Waals surface area contributed by atoms with Crippen molar-refractivity contribution in [3.63, 3.8) is 0 Å². The summed E-state index contributed by atoms with van der Waals surface area (Å²) in [7, 11) is 3.32. The van der Waals surface area contributed by atoms with Gasteiger partial charge in [-0.1, -0.05) is 0 Å². The predicted octanol–water partition coefficient (Wildman–Crippen LogP) is 1.67. The summed E-state index contributed by atoms with van der Waals surface area (Å²) in [6.07, 6.45) is 2.74. The molecule has 8 nitrogen and oxygen atoms in total. The van der Waals surface area contributed by atoms with E-state index in [1.165, 1.54) is 21.3 Å². The summed E-state index contributed by atoms with van der Waals surface area (Å²) in [5.74, 6) is 0. The first-order chi connectivity index (χ1) is 12.5. The van der Waals surface area contributed by atoms with Gasteiger partial charge >= 0.3 is 6.09 Å². The first-order valence-corrected chi connectivity index (χ1v) is 8.21. The highest BCUT2D eigenvalue weighted by Gasteiger charge is 2.15. The molecule has 0 saturated heterocycles. The third-order valence-electron chi connectivity index (χ3n) is 3.24. The molecule has 0 aromatic carbocycles. The number of aromatic nitrogens is 2. The number of ether oxygens (including phenoxy) is 1. The van der Waals surface area contributed by atoms with E-state index < -0.39 is 11.7 Å². The fraction of sp³-hybridized carbons (Fsp3) is 0.368. The van der Waals surface area contributed by atoms with E-state index in [0.717, 1.165) is 5.56 Å². The molecule has 0 radical (unpaired) electrons. The van der Waals surface area contributed by atoms with Crippen molar-refractivity contribution in [2.75, 3.05) is 0 Å².